The van der Waals surface area contributed by atoms with Crippen molar-refractivity contribution in [3.05, 3.63) is 27.7 Å². The molecule has 2 heterocycles. The molecule has 0 aliphatic carbocycles. The largest absolute Gasteiger partial charge is 0.451 e. The van der Waals surface area contributed by atoms with E-state index < -0.39 is 0 Å². The van der Waals surface area contributed by atoms with E-state index in [9.17, 15) is 4.79 Å². The van der Waals surface area contributed by atoms with Crippen LogP contribution in [-0.2, 0) is 4.79 Å². The van der Waals surface area contributed by atoms with Crippen molar-refractivity contribution in [3.63, 3.8) is 0 Å². The van der Waals surface area contributed by atoms with E-state index in [1.165, 1.54) is 0 Å². The summed E-state index contributed by atoms with van der Waals surface area (Å²) in [6.45, 7) is 1.78. The lowest BCUT2D eigenvalue weighted by Gasteiger charge is -2.11. The minimum Gasteiger partial charge on any atom is -0.451 e. The minimum atomic E-state index is 0.0823. The third-order valence-corrected chi connectivity index (χ3v) is 2.98. The number of hydrogen-bond acceptors (Lipinski definition) is 2. The number of carbonyl (C=O) groups is 1. The molecule has 1 aliphatic rings. The molecule has 1 saturated heterocycles. The van der Waals surface area contributed by atoms with Gasteiger partial charge in [0.2, 0.25) is 5.91 Å². The van der Waals surface area contributed by atoms with Crippen LogP contribution in [0.4, 0.5) is 0 Å². The molecule has 0 bridgehead atoms. The summed E-state index contributed by atoms with van der Waals surface area (Å²) in [6, 6.07) is 3.73. The Balaban J connectivity index is 1.95. The highest BCUT2D eigenvalue weighted by Crippen LogP contribution is 2.12. The maximum Gasteiger partial charge on any atom is 0.246 e. The molecule has 0 radical (unpaired) electrons. The second kappa shape index (κ2) is 4.83. The van der Waals surface area contributed by atoms with Gasteiger partial charge in [-0.2, -0.15) is 0 Å². The zero-order valence-corrected chi connectivity index (χ0v) is 10.4. The summed E-state index contributed by atoms with van der Waals surface area (Å²) in [4.78, 5) is 13.5. The zero-order chi connectivity index (χ0) is 10.7. The number of carbonyl (C=O) groups excluding carboxylic acids is 1. The molecule has 1 aromatic heterocycles. The third-order valence-electron chi connectivity index (χ3n) is 2.40. The van der Waals surface area contributed by atoms with E-state index in [-0.39, 0.29) is 5.91 Å². The van der Waals surface area contributed by atoms with E-state index in [2.05, 4.69) is 22.6 Å². The number of hydrogen-bond donors (Lipinski definition) is 0. The zero-order valence-electron chi connectivity index (χ0n) is 8.28. The van der Waals surface area contributed by atoms with Crippen LogP contribution >= 0.6 is 22.6 Å². The fourth-order valence-electron chi connectivity index (χ4n) is 1.61. The van der Waals surface area contributed by atoms with Crippen molar-refractivity contribution in [1.29, 1.82) is 0 Å². The number of amides is 1. The molecular weight excluding hydrogens is 305 g/mol. The Hall–Kier alpha value is -0.780. The minimum absolute atomic E-state index is 0.0823. The quantitative estimate of drug-likeness (QED) is 0.620. The molecule has 0 spiro atoms. The second-order valence-electron chi connectivity index (χ2n) is 3.51. The van der Waals surface area contributed by atoms with Gasteiger partial charge >= 0.3 is 0 Å². The first kappa shape index (κ1) is 10.7. The molecule has 2 rings (SSSR count). The van der Waals surface area contributed by atoms with Crippen molar-refractivity contribution in [1.82, 2.24) is 4.90 Å². The SMILES string of the molecule is O=C(C=Cc1ccc(I)o1)N1CCCC1. The van der Waals surface area contributed by atoms with E-state index in [1.807, 2.05) is 17.0 Å². The molecule has 0 unspecified atom stereocenters. The second-order valence-corrected chi connectivity index (χ2v) is 4.57. The first-order chi connectivity index (χ1) is 7.25. The van der Waals surface area contributed by atoms with Gasteiger partial charge < -0.3 is 9.32 Å². The smallest absolute Gasteiger partial charge is 0.246 e. The maximum atomic E-state index is 11.6. The standard InChI is InChI=1S/C11H12INO2/c12-10-5-3-9(15-10)4-6-11(14)13-7-1-2-8-13/h3-6H,1-2,7-8H2. The summed E-state index contributed by atoms with van der Waals surface area (Å²) in [7, 11) is 0. The Morgan fingerprint density at radius 2 is 2.13 bits per heavy atom. The van der Waals surface area contributed by atoms with Crippen LogP contribution in [0.2, 0.25) is 0 Å². The first-order valence-electron chi connectivity index (χ1n) is 4.98. The van der Waals surface area contributed by atoms with Crippen LogP contribution < -0.4 is 0 Å². The highest BCUT2D eigenvalue weighted by Gasteiger charge is 2.15. The number of rotatable bonds is 2. The van der Waals surface area contributed by atoms with Crippen molar-refractivity contribution in [2.24, 2.45) is 0 Å². The molecule has 1 amide bonds. The molecular formula is C11H12INO2. The summed E-state index contributed by atoms with van der Waals surface area (Å²) >= 11 is 2.10. The summed E-state index contributed by atoms with van der Waals surface area (Å²) in [6.07, 6.45) is 5.56. The van der Waals surface area contributed by atoms with Gasteiger partial charge in [-0.3, -0.25) is 4.79 Å². The van der Waals surface area contributed by atoms with Gasteiger partial charge in [0.25, 0.3) is 0 Å². The first-order valence-corrected chi connectivity index (χ1v) is 6.06. The summed E-state index contributed by atoms with van der Waals surface area (Å²) in [5, 5.41) is 0. The summed E-state index contributed by atoms with van der Waals surface area (Å²) in [5.74, 6) is 0.811. The monoisotopic (exact) mass is 317 g/mol. The Morgan fingerprint density at radius 3 is 2.73 bits per heavy atom. The molecule has 80 valence electrons. The lowest BCUT2D eigenvalue weighted by Crippen LogP contribution is -2.25. The Bertz CT molecular complexity index is 378. The summed E-state index contributed by atoms with van der Waals surface area (Å²) in [5.41, 5.74) is 0. The van der Waals surface area contributed by atoms with Gasteiger partial charge in [-0.15, -0.1) is 0 Å². The van der Waals surface area contributed by atoms with Crippen LogP contribution in [0.1, 0.15) is 18.6 Å². The van der Waals surface area contributed by atoms with Crippen LogP contribution in [0, 0.1) is 3.77 Å². The van der Waals surface area contributed by atoms with Crippen LogP contribution in [0.15, 0.2) is 22.6 Å². The van der Waals surface area contributed by atoms with Gasteiger partial charge in [-0.25, -0.2) is 0 Å². The average molecular weight is 317 g/mol. The molecule has 0 N–H and O–H groups in total. The highest BCUT2D eigenvalue weighted by molar-refractivity contribution is 14.1. The molecule has 0 atom stereocenters. The van der Waals surface area contributed by atoms with Crippen molar-refractivity contribution >= 4 is 34.6 Å². The maximum absolute atomic E-state index is 11.6. The van der Waals surface area contributed by atoms with E-state index in [1.54, 1.807) is 12.2 Å². The van der Waals surface area contributed by atoms with Crippen molar-refractivity contribution < 1.29 is 9.21 Å². The Kier molecular flexibility index (Phi) is 3.45. The van der Waals surface area contributed by atoms with Gasteiger partial charge in [0.1, 0.15) is 5.76 Å². The van der Waals surface area contributed by atoms with E-state index in [0.29, 0.717) is 0 Å². The van der Waals surface area contributed by atoms with E-state index >= 15 is 0 Å². The third kappa shape index (κ3) is 2.84. The van der Waals surface area contributed by atoms with Gasteiger partial charge in [-0.1, -0.05) is 0 Å². The van der Waals surface area contributed by atoms with E-state index in [0.717, 1.165) is 35.5 Å². The number of halogens is 1. The Labute approximate surface area is 102 Å². The fourth-order valence-corrected chi connectivity index (χ4v) is 2.05. The van der Waals surface area contributed by atoms with Crippen LogP contribution in [0.5, 0.6) is 0 Å². The normalized spacial score (nSPS) is 16.5. The molecule has 0 aromatic carbocycles. The predicted octanol–water partition coefficient (Wildman–Crippen LogP) is 2.52. The van der Waals surface area contributed by atoms with Crippen molar-refractivity contribution in [2.75, 3.05) is 13.1 Å². The number of likely N-dealkylation sites (tertiary alicyclic amines) is 1. The van der Waals surface area contributed by atoms with Crippen LogP contribution in [0.3, 0.4) is 0 Å². The lowest BCUT2D eigenvalue weighted by atomic mass is 10.3. The Morgan fingerprint density at radius 1 is 1.40 bits per heavy atom. The van der Waals surface area contributed by atoms with Gasteiger partial charge in [0, 0.05) is 19.2 Å². The van der Waals surface area contributed by atoms with Crippen LogP contribution in [-0.4, -0.2) is 23.9 Å². The lowest BCUT2D eigenvalue weighted by molar-refractivity contribution is -0.124. The molecule has 1 fully saturated rings. The van der Waals surface area contributed by atoms with Crippen LogP contribution in [0.25, 0.3) is 6.08 Å². The predicted molar refractivity (Wildman–Crippen MR) is 66.3 cm³/mol. The van der Waals surface area contributed by atoms with E-state index in [4.69, 9.17) is 4.42 Å². The van der Waals surface area contributed by atoms with Gasteiger partial charge in [-0.05, 0) is 53.6 Å². The molecule has 1 aliphatic heterocycles. The molecule has 15 heavy (non-hydrogen) atoms. The molecule has 0 saturated carbocycles. The fraction of sp³-hybridized carbons (Fsp3) is 0.364. The average Bonchev–Trinajstić information content (AvgIpc) is 2.84. The van der Waals surface area contributed by atoms with Crippen molar-refractivity contribution in [2.45, 2.75) is 12.8 Å². The molecule has 4 heteroatoms. The highest BCUT2D eigenvalue weighted by atomic mass is 127. The molecule has 3 nitrogen and oxygen atoms in total. The van der Waals surface area contributed by atoms with Crippen molar-refractivity contribution in [3.8, 4) is 0 Å². The van der Waals surface area contributed by atoms with Gasteiger partial charge in [0.15, 0.2) is 3.77 Å². The summed E-state index contributed by atoms with van der Waals surface area (Å²) < 4.78 is 6.16. The topological polar surface area (TPSA) is 33.5 Å². The van der Waals surface area contributed by atoms with Gasteiger partial charge in [0.05, 0.1) is 0 Å². The number of furan rings is 1. The number of nitrogens with zero attached hydrogens (tertiary/aromatic N) is 1. The molecule has 1 aromatic rings.